The van der Waals surface area contributed by atoms with E-state index in [0.29, 0.717) is 0 Å². The number of ether oxygens (including phenoxy) is 1. The maximum Gasteiger partial charge on any atom is 0.123 e. The molecule has 19 heavy (non-hydrogen) atoms. The largest absolute Gasteiger partial charge is 0.496 e. The van der Waals surface area contributed by atoms with Crippen molar-refractivity contribution >= 4 is 31.9 Å². The molecule has 0 aliphatic rings. The van der Waals surface area contributed by atoms with E-state index in [1.807, 2.05) is 6.07 Å². The first-order valence-corrected chi connectivity index (χ1v) is 7.78. The quantitative estimate of drug-likeness (QED) is 0.630. The highest BCUT2D eigenvalue weighted by atomic mass is 79.9. The zero-order chi connectivity index (χ0) is 14.0. The van der Waals surface area contributed by atoms with Gasteiger partial charge in [-0.25, -0.2) is 0 Å². The lowest BCUT2D eigenvalue weighted by molar-refractivity contribution is 0.410. The Morgan fingerprint density at radius 1 is 1.00 bits per heavy atom. The van der Waals surface area contributed by atoms with E-state index in [-0.39, 0.29) is 4.83 Å². The molecule has 0 aromatic heterocycles. The minimum atomic E-state index is 0.125. The molecule has 1 nitrogen and oxygen atoms in total. The molecule has 2 rings (SSSR count). The Balaban J connectivity index is 2.51. The van der Waals surface area contributed by atoms with Crippen molar-refractivity contribution in [2.45, 2.75) is 18.7 Å². The van der Waals surface area contributed by atoms with Gasteiger partial charge in [-0.3, -0.25) is 0 Å². The molecule has 1 unspecified atom stereocenters. The van der Waals surface area contributed by atoms with E-state index < -0.39 is 0 Å². The molecule has 0 N–H and O–H groups in total. The number of halogens is 2. The van der Waals surface area contributed by atoms with E-state index in [4.69, 9.17) is 4.74 Å². The Labute approximate surface area is 131 Å². The van der Waals surface area contributed by atoms with E-state index in [1.54, 1.807) is 7.11 Å². The summed E-state index contributed by atoms with van der Waals surface area (Å²) < 4.78 is 6.56. The second kappa shape index (κ2) is 6.10. The molecule has 0 aliphatic heterocycles. The molecule has 2 aromatic carbocycles. The summed E-state index contributed by atoms with van der Waals surface area (Å²) in [6.45, 7) is 4.22. The minimum absolute atomic E-state index is 0.125. The van der Waals surface area contributed by atoms with Crippen molar-refractivity contribution in [2.75, 3.05) is 7.11 Å². The maximum absolute atomic E-state index is 5.47. The number of hydrogen-bond acceptors (Lipinski definition) is 1. The minimum Gasteiger partial charge on any atom is -0.496 e. The average Bonchev–Trinajstić information content (AvgIpc) is 2.40. The fourth-order valence-corrected chi connectivity index (χ4v) is 3.33. The van der Waals surface area contributed by atoms with Gasteiger partial charge in [-0.1, -0.05) is 55.6 Å². The van der Waals surface area contributed by atoms with Gasteiger partial charge in [0.25, 0.3) is 0 Å². The van der Waals surface area contributed by atoms with Crippen LogP contribution >= 0.6 is 31.9 Å². The molecule has 0 radical (unpaired) electrons. The van der Waals surface area contributed by atoms with Crippen molar-refractivity contribution in [3.05, 3.63) is 63.1 Å². The lowest BCUT2D eigenvalue weighted by Crippen LogP contribution is -2.00. The summed E-state index contributed by atoms with van der Waals surface area (Å²) in [6.07, 6.45) is 0. The number of rotatable bonds is 3. The Morgan fingerprint density at radius 3 is 2.42 bits per heavy atom. The van der Waals surface area contributed by atoms with Crippen molar-refractivity contribution in [2.24, 2.45) is 0 Å². The Hall–Kier alpha value is -0.800. The summed E-state index contributed by atoms with van der Waals surface area (Å²) in [5, 5.41) is 0. The first kappa shape index (κ1) is 14.6. The monoisotopic (exact) mass is 382 g/mol. The molecule has 0 heterocycles. The van der Waals surface area contributed by atoms with Crippen LogP contribution in [0.4, 0.5) is 0 Å². The highest BCUT2D eigenvalue weighted by Gasteiger charge is 2.17. The first-order valence-electron chi connectivity index (χ1n) is 6.07. The van der Waals surface area contributed by atoms with Gasteiger partial charge in [0.15, 0.2) is 0 Å². The van der Waals surface area contributed by atoms with Gasteiger partial charge in [-0.05, 0) is 43.2 Å². The van der Waals surface area contributed by atoms with Crippen LogP contribution in [0.1, 0.15) is 27.1 Å². The molecule has 1 atom stereocenters. The third-order valence-electron chi connectivity index (χ3n) is 3.17. The topological polar surface area (TPSA) is 9.23 Å². The molecule has 0 spiro atoms. The second-order valence-electron chi connectivity index (χ2n) is 4.61. The lowest BCUT2D eigenvalue weighted by atomic mass is 9.98. The van der Waals surface area contributed by atoms with Gasteiger partial charge in [0.05, 0.1) is 11.9 Å². The molecule has 0 saturated heterocycles. The Morgan fingerprint density at radius 2 is 1.74 bits per heavy atom. The summed E-state index contributed by atoms with van der Waals surface area (Å²) in [6, 6.07) is 12.6. The highest BCUT2D eigenvalue weighted by molar-refractivity contribution is 9.10. The molecule has 0 aliphatic carbocycles. The van der Waals surface area contributed by atoms with Gasteiger partial charge in [0.2, 0.25) is 0 Å². The zero-order valence-electron chi connectivity index (χ0n) is 11.2. The summed E-state index contributed by atoms with van der Waals surface area (Å²) >= 11 is 7.34. The van der Waals surface area contributed by atoms with Crippen LogP contribution in [0.5, 0.6) is 5.75 Å². The second-order valence-corrected chi connectivity index (χ2v) is 6.44. The third-order valence-corrected chi connectivity index (χ3v) is 4.65. The van der Waals surface area contributed by atoms with E-state index in [0.717, 1.165) is 15.8 Å². The highest BCUT2D eigenvalue weighted by Crippen LogP contribution is 2.39. The van der Waals surface area contributed by atoms with Crippen molar-refractivity contribution in [3.63, 3.8) is 0 Å². The summed E-state index contributed by atoms with van der Waals surface area (Å²) in [7, 11) is 1.71. The van der Waals surface area contributed by atoms with E-state index in [9.17, 15) is 0 Å². The summed E-state index contributed by atoms with van der Waals surface area (Å²) in [5.74, 6) is 0.909. The number of methoxy groups -OCH3 is 1. The standard InChI is InChI=1S/C16H16Br2O/c1-10-4-7-15(19-3)14(8-10)16(18)13-9-12(17)6-5-11(13)2/h4-9,16H,1-3H3. The number of benzene rings is 2. The van der Waals surface area contributed by atoms with Crippen LogP contribution in [0.2, 0.25) is 0 Å². The molecule has 0 bridgehead atoms. The predicted octanol–water partition coefficient (Wildman–Crippen LogP) is 5.56. The molecular weight excluding hydrogens is 368 g/mol. The number of aryl methyl sites for hydroxylation is 2. The van der Waals surface area contributed by atoms with Crippen molar-refractivity contribution < 1.29 is 4.74 Å². The van der Waals surface area contributed by atoms with Gasteiger partial charge >= 0.3 is 0 Å². The molecular formula is C16H16Br2O. The van der Waals surface area contributed by atoms with Crippen LogP contribution in [0.3, 0.4) is 0 Å². The van der Waals surface area contributed by atoms with Crippen LogP contribution < -0.4 is 4.74 Å². The van der Waals surface area contributed by atoms with Crippen molar-refractivity contribution in [1.82, 2.24) is 0 Å². The van der Waals surface area contributed by atoms with Gasteiger partial charge < -0.3 is 4.74 Å². The molecule has 100 valence electrons. The smallest absolute Gasteiger partial charge is 0.123 e. The molecule has 0 fully saturated rings. The van der Waals surface area contributed by atoms with Gasteiger partial charge in [-0.2, -0.15) is 0 Å². The normalized spacial score (nSPS) is 12.3. The molecule has 0 amide bonds. The summed E-state index contributed by atoms with van der Waals surface area (Å²) in [4.78, 5) is 0.125. The first-order chi connectivity index (χ1) is 9.02. The lowest BCUT2D eigenvalue weighted by Gasteiger charge is -2.17. The van der Waals surface area contributed by atoms with E-state index in [1.165, 1.54) is 16.7 Å². The number of hydrogen-bond donors (Lipinski definition) is 0. The maximum atomic E-state index is 5.47. The fraction of sp³-hybridized carbons (Fsp3) is 0.250. The van der Waals surface area contributed by atoms with Crippen molar-refractivity contribution in [3.8, 4) is 5.75 Å². The van der Waals surface area contributed by atoms with Crippen LogP contribution in [-0.2, 0) is 0 Å². The van der Waals surface area contributed by atoms with Crippen LogP contribution in [0.15, 0.2) is 40.9 Å². The summed E-state index contributed by atoms with van der Waals surface area (Å²) in [5.41, 5.74) is 4.89. The molecule has 0 saturated carbocycles. The van der Waals surface area contributed by atoms with Crippen LogP contribution in [-0.4, -0.2) is 7.11 Å². The number of alkyl halides is 1. The SMILES string of the molecule is COc1ccc(C)cc1C(Br)c1cc(Br)ccc1C. The van der Waals surface area contributed by atoms with Crippen molar-refractivity contribution in [1.29, 1.82) is 0 Å². The fourth-order valence-electron chi connectivity index (χ4n) is 2.10. The van der Waals surface area contributed by atoms with Gasteiger partial charge in [-0.15, -0.1) is 0 Å². The average molecular weight is 384 g/mol. The van der Waals surface area contributed by atoms with E-state index >= 15 is 0 Å². The molecule has 2 aromatic rings. The van der Waals surface area contributed by atoms with E-state index in [2.05, 4.69) is 76.0 Å². The van der Waals surface area contributed by atoms with Gasteiger partial charge in [0, 0.05) is 10.0 Å². The van der Waals surface area contributed by atoms with Gasteiger partial charge in [0.1, 0.15) is 5.75 Å². The molecule has 3 heteroatoms. The Bertz CT molecular complexity index is 593. The van der Waals surface area contributed by atoms with Crippen LogP contribution in [0.25, 0.3) is 0 Å². The predicted molar refractivity (Wildman–Crippen MR) is 87.4 cm³/mol. The third kappa shape index (κ3) is 3.21. The Kier molecular flexibility index (Phi) is 4.69. The zero-order valence-corrected chi connectivity index (χ0v) is 14.4. The van der Waals surface area contributed by atoms with Crippen LogP contribution in [0, 0.1) is 13.8 Å².